The molecule has 2 nitrogen and oxygen atoms in total. The zero-order valence-electron chi connectivity index (χ0n) is 10.5. The summed E-state index contributed by atoms with van der Waals surface area (Å²) in [5, 5.41) is 4.25. The van der Waals surface area contributed by atoms with Gasteiger partial charge in [-0.1, -0.05) is 18.5 Å². The van der Waals surface area contributed by atoms with Crippen molar-refractivity contribution in [1.82, 2.24) is 5.32 Å². The summed E-state index contributed by atoms with van der Waals surface area (Å²) < 4.78 is 5.64. The summed E-state index contributed by atoms with van der Waals surface area (Å²) in [5.41, 5.74) is 0. The smallest absolute Gasteiger partial charge is 0.110 e. The van der Waals surface area contributed by atoms with Crippen LogP contribution < -0.4 is 5.32 Å². The van der Waals surface area contributed by atoms with E-state index in [2.05, 4.69) is 30.4 Å². The summed E-state index contributed by atoms with van der Waals surface area (Å²) in [4.78, 5) is 1.24. The Hall–Kier alpha value is -0.640. The molecule has 1 aliphatic rings. The van der Waals surface area contributed by atoms with Crippen molar-refractivity contribution in [3.8, 4) is 0 Å². The van der Waals surface area contributed by atoms with Crippen molar-refractivity contribution in [1.29, 1.82) is 0 Å². The first kappa shape index (κ1) is 13.8. The normalized spacial score (nSPS) is 16.2. The van der Waals surface area contributed by atoms with Crippen LogP contribution in [0.4, 0.5) is 0 Å². The molecule has 1 aromatic rings. The van der Waals surface area contributed by atoms with Crippen LogP contribution in [0.25, 0.3) is 0 Å². The van der Waals surface area contributed by atoms with E-state index in [0.29, 0.717) is 6.04 Å². The summed E-state index contributed by atoms with van der Waals surface area (Å²) in [6, 6.07) is 8.27. The van der Waals surface area contributed by atoms with E-state index in [-0.39, 0.29) is 0 Å². The maximum absolute atomic E-state index is 5.88. The first-order chi connectivity index (χ1) is 8.79. The largest absolute Gasteiger partial charge is 0.496 e. The number of benzene rings is 1. The fraction of sp³-hybridized carbons (Fsp3) is 0.429. The number of halogens is 1. The Bertz CT molecular complexity index is 405. The molecule has 1 aliphatic heterocycles. The molecule has 18 heavy (non-hydrogen) atoms. The van der Waals surface area contributed by atoms with Gasteiger partial charge in [0.05, 0.1) is 12.6 Å². The maximum Gasteiger partial charge on any atom is 0.110 e. The molecular formula is C14H18ClNOS. The van der Waals surface area contributed by atoms with Crippen LogP contribution in [0.15, 0.2) is 41.0 Å². The molecule has 1 unspecified atom stereocenters. The molecule has 1 atom stereocenters. The SMILES string of the molecule is CCNC(CSc1ccc(Cl)cc1)C1=CCCO1. The molecule has 2 rings (SSSR count). The van der Waals surface area contributed by atoms with Crippen LogP contribution in [0, 0.1) is 0 Å². The van der Waals surface area contributed by atoms with E-state index >= 15 is 0 Å². The van der Waals surface area contributed by atoms with E-state index in [1.807, 2.05) is 23.9 Å². The molecule has 0 aromatic heterocycles. The summed E-state index contributed by atoms with van der Waals surface area (Å²) >= 11 is 7.70. The highest BCUT2D eigenvalue weighted by Crippen LogP contribution is 2.24. The van der Waals surface area contributed by atoms with Gasteiger partial charge in [0.25, 0.3) is 0 Å². The van der Waals surface area contributed by atoms with Crippen molar-refractivity contribution >= 4 is 23.4 Å². The second kappa shape index (κ2) is 7.07. The van der Waals surface area contributed by atoms with Crippen LogP contribution in [0.5, 0.6) is 0 Å². The van der Waals surface area contributed by atoms with E-state index in [1.54, 1.807) is 0 Å². The highest BCUT2D eigenvalue weighted by molar-refractivity contribution is 7.99. The summed E-state index contributed by atoms with van der Waals surface area (Å²) in [6.45, 7) is 3.89. The second-order valence-electron chi connectivity index (χ2n) is 4.12. The maximum atomic E-state index is 5.88. The standard InChI is InChI=1S/C14H18ClNOS/c1-2-16-13(14-4-3-9-17-14)10-18-12-7-5-11(15)6-8-12/h4-8,13,16H,2-3,9-10H2,1H3. The van der Waals surface area contributed by atoms with E-state index < -0.39 is 0 Å². The van der Waals surface area contributed by atoms with Gasteiger partial charge in [0.1, 0.15) is 5.76 Å². The first-order valence-electron chi connectivity index (χ1n) is 6.24. The van der Waals surface area contributed by atoms with Gasteiger partial charge in [-0.2, -0.15) is 0 Å². The Labute approximate surface area is 118 Å². The molecule has 0 amide bonds. The summed E-state index contributed by atoms with van der Waals surface area (Å²) in [6.07, 6.45) is 3.22. The van der Waals surface area contributed by atoms with Gasteiger partial charge in [-0.3, -0.25) is 0 Å². The van der Waals surface area contributed by atoms with Crippen molar-refractivity contribution in [2.24, 2.45) is 0 Å². The van der Waals surface area contributed by atoms with Crippen molar-refractivity contribution in [3.63, 3.8) is 0 Å². The Balaban J connectivity index is 1.90. The minimum Gasteiger partial charge on any atom is -0.496 e. The molecule has 0 fully saturated rings. The fourth-order valence-electron chi connectivity index (χ4n) is 1.88. The minimum atomic E-state index is 0.304. The lowest BCUT2D eigenvalue weighted by atomic mass is 10.2. The van der Waals surface area contributed by atoms with Gasteiger partial charge in [0.2, 0.25) is 0 Å². The fourth-order valence-corrected chi connectivity index (χ4v) is 2.97. The van der Waals surface area contributed by atoms with E-state index in [9.17, 15) is 0 Å². The van der Waals surface area contributed by atoms with Crippen molar-refractivity contribution in [3.05, 3.63) is 41.1 Å². The predicted octanol–water partition coefficient (Wildman–Crippen LogP) is 3.71. The number of rotatable bonds is 6. The molecule has 4 heteroatoms. The molecular weight excluding hydrogens is 266 g/mol. The zero-order valence-corrected chi connectivity index (χ0v) is 12.1. The number of likely N-dealkylation sites (N-methyl/N-ethyl adjacent to an activating group) is 1. The lowest BCUT2D eigenvalue weighted by molar-refractivity contribution is 0.220. The molecule has 0 radical (unpaired) electrons. The minimum absolute atomic E-state index is 0.304. The Morgan fingerprint density at radius 3 is 2.78 bits per heavy atom. The first-order valence-corrected chi connectivity index (χ1v) is 7.60. The molecule has 0 spiro atoms. The highest BCUT2D eigenvalue weighted by Gasteiger charge is 2.17. The van der Waals surface area contributed by atoms with Gasteiger partial charge in [0.15, 0.2) is 0 Å². The second-order valence-corrected chi connectivity index (χ2v) is 5.65. The van der Waals surface area contributed by atoms with Gasteiger partial charge in [-0.25, -0.2) is 0 Å². The monoisotopic (exact) mass is 283 g/mol. The Morgan fingerprint density at radius 2 is 2.17 bits per heavy atom. The van der Waals surface area contributed by atoms with Crippen LogP contribution >= 0.6 is 23.4 Å². The molecule has 98 valence electrons. The van der Waals surface area contributed by atoms with Crippen LogP contribution in [0.2, 0.25) is 5.02 Å². The third-order valence-electron chi connectivity index (χ3n) is 2.76. The zero-order chi connectivity index (χ0) is 12.8. The lowest BCUT2D eigenvalue weighted by Gasteiger charge is -2.18. The number of nitrogens with one attached hydrogen (secondary N) is 1. The average molecular weight is 284 g/mol. The quantitative estimate of drug-likeness (QED) is 0.804. The van der Waals surface area contributed by atoms with Crippen LogP contribution in [0.1, 0.15) is 13.3 Å². The van der Waals surface area contributed by atoms with Gasteiger partial charge >= 0.3 is 0 Å². The third-order valence-corrected chi connectivity index (χ3v) is 4.11. The van der Waals surface area contributed by atoms with Crippen LogP contribution in [0.3, 0.4) is 0 Å². The Morgan fingerprint density at radius 1 is 1.39 bits per heavy atom. The van der Waals surface area contributed by atoms with E-state index in [4.69, 9.17) is 16.3 Å². The molecule has 1 aromatic carbocycles. The van der Waals surface area contributed by atoms with Gasteiger partial charge in [0, 0.05) is 22.1 Å². The topological polar surface area (TPSA) is 21.3 Å². The van der Waals surface area contributed by atoms with Crippen molar-refractivity contribution in [2.45, 2.75) is 24.3 Å². The van der Waals surface area contributed by atoms with Crippen LogP contribution in [-0.2, 0) is 4.74 Å². The molecule has 0 saturated heterocycles. The van der Waals surface area contributed by atoms with Gasteiger partial charge in [-0.15, -0.1) is 11.8 Å². The molecule has 0 saturated carbocycles. The van der Waals surface area contributed by atoms with E-state index in [1.165, 1.54) is 4.90 Å². The van der Waals surface area contributed by atoms with Crippen LogP contribution in [-0.4, -0.2) is 24.9 Å². The summed E-state index contributed by atoms with van der Waals surface area (Å²) in [5.74, 6) is 2.07. The summed E-state index contributed by atoms with van der Waals surface area (Å²) in [7, 11) is 0. The van der Waals surface area contributed by atoms with Gasteiger partial charge < -0.3 is 10.1 Å². The predicted molar refractivity (Wildman–Crippen MR) is 78.3 cm³/mol. The molecule has 1 heterocycles. The van der Waals surface area contributed by atoms with Crippen molar-refractivity contribution < 1.29 is 4.74 Å². The number of hydrogen-bond donors (Lipinski definition) is 1. The molecule has 0 bridgehead atoms. The molecule has 0 aliphatic carbocycles. The van der Waals surface area contributed by atoms with E-state index in [0.717, 1.165) is 36.1 Å². The number of hydrogen-bond acceptors (Lipinski definition) is 3. The van der Waals surface area contributed by atoms with Gasteiger partial charge in [-0.05, 0) is 36.9 Å². The van der Waals surface area contributed by atoms with Crippen molar-refractivity contribution in [2.75, 3.05) is 18.9 Å². The number of ether oxygens (including phenoxy) is 1. The Kier molecular flexibility index (Phi) is 5.42. The third kappa shape index (κ3) is 3.94. The number of thioether (sulfide) groups is 1. The lowest BCUT2D eigenvalue weighted by Crippen LogP contribution is -2.33. The average Bonchev–Trinajstić information content (AvgIpc) is 2.90. The highest BCUT2D eigenvalue weighted by atomic mass is 35.5. The molecule has 1 N–H and O–H groups in total.